The Morgan fingerprint density at radius 1 is 1.42 bits per heavy atom. The van der Waals surface area contributed by atoms with Gasteiger partial charge in [-0.1, -0.05) is 0 Å². The molecule has 1 rings (SSSR count). The molecule has 0 aromatic carbocycles. The van der Waals surface area contributed by atoms with Crippen molar-refractivity contribution in [2.75, 3.05) is 7.11 Å². The number of pyridine rings is 1. The number of carbonyl (C=O) groups is 1. The molecular formula is C9H5F5INO3. The second kappa shape index (κ2) is 5.84. The first-order chi connectivity index (χ1) is 8.65. The molecule has 1 heterocycles. The lowest BCUT2D eigenvalue weighted by Crippen LogP contribution is -2.20. The molecule has 10 heteroatoms. The third-order valence-corrected chi connectivity index (χ3v) is 2.63. The fourth-order valence-corrected chi connectivity index (χ4v) is 1.74. The monoisotopic (exact) mass is 397 g/mol. The van der Waals surface area contributed by atoms with Crippen LogP contribution in [0.2, 0.25) is 0 Å². The van der Waals surface area contributed by atoms with Gasteiger partial charge in [0, 0.05) is 0 Å². The van der Waals surface area contributed by atoms with Gasteiger partial charge in [0.25, 0.3) is 6.43 Å². The van der Waals surface area contributed by atoms with Crippen molar-refractivity contribution in [3.05, 3.63) is 21.0 Å². The van der Waals surface area contributed by atoms with E-state index < -0.39 is 35.8 Å². The molecule has 0 atom stereocenters. The highest BCUT2D eigenvalue weighted by atomic mass is 127. The number of ether oxygens (including phenoxy) is 2. The van der Waals surface area contributed by atoms with Gasteiger partial charge in [0.15, 0.2) is 5.75 Å². The number of hydrogen-bond donors (Lipinski definition) is 0. The summed E-state index contributed by atoms with van der Waals surface area (Å²) in [6.07, 6.45) is -8.46. The predicted octanol–water partition coefficient (Wildman–Crippen LogP) is 3.31. The average molecular weight is 397 g/mol. The Balaban J connectivity index is 3.35. The summed E-state index contributed by atoms with van der Waals surface area (Å²) in [5.74, 6) is -2.24. The van der Waals surface area contributed by atoms with Gasteiger partial charge in [0.2, 0.25) is 0 Å². The molecule has 0 fully saturated rings. The van der Waals surface area contributed by atoms with E-state index in [2.05, 4.69) is 14.5 Å². The first-order valence-electron chi connectivity index (χ1n) is 4.48. The number of hydrogen-bond acceptors (Lipinski definition) is 4. The molecular weight excluding hydrogens is 392 g/mol. The summed E-state index contributed by atoms with van der Waals surface area (Å²) < 4.78 is 68.9. The van der Waals surface area contributed by atoms with Gasteiger partial charge in [-0.15, -0.1) is 13.2 Å². The molecule has 0 spiro atoms. The maximum Gasteiger partial charge on any atom is 0.573 e. The summed E-state index contributed by atoms with van der Waals surface area (Å²) in [6.45, 7) is 0. The van der Waals surface area contributed by atoms with Crippen LogP contribution in [0.25, 0.3) is 0 Å². The first kappa shape index (κ1) is 15.9. The van der Waals surface area contributed by atoms with Crippen molar-refractivity contribution in [2.24, 2.45) is 0 Å². The largest absolute Gasteiger partial charge is 0.573 e. The van der Waals surface area contributed by atoms with Crippen LogP contribution in [-0.4, -0.2) is 24.4 Å². The average Bonchev–Trinajstić information content (AvgIpc) is 2.27. The van der Waals surface area contributed by atoms with Crippen LogP contribution in [0.4, 0.5) is 22.0 Å². The molecule has 0 N–H and O–H groups in total. The van der Waals surface area contributed by atoms with Crippen LogP contribution in [0.3, 0.4) is 0 Å². The fourth-order valence-electron chi connectivity index (χ4n) is 1.10. The predicted molar refractivity (Wildman–Crippen MR) is 59.9 cm³/mol. The number of esters is 1. The molecule has 4 nitrogen and oxygen atoms in total. The van der Waals surface area contributed by atoms with Crippen molar-refractivity contribution in [3.8, 4) is 5.75 Å². The minimum Gasteiger partial charge on any atom is -0.465 e. The van der Waals surface area contributed by atoms with Gasteiger partial charge in [-0.25, -0.2) is 18.6 Å². The van der Waals surface area contributed by atoms with E-state index in [0.717, 1.165) is 7.11 Å². The Kier molecular flexibility index (Phi) is 4.87. The minimum absolute atomic E-state index is 0.214. The second-order valence-corrected chi connectivity index (χ2v) is 4.07. The number of rotatable bonds is 3. The van der Waals surface area contributed by atoms with Crippen LogP contribution in [-0.2, 0) is 4.74 Å². The van der Waals surface area contributed by atoms with Crippen molar-refractivity contribution in [1.82, 2.24) is 4.98 Å². The van der Waals surface area contributed by atoms with E-state index in [9.17, 15) is 26.7 Å². The fraction of sp³-hybridized carbons (Fsp3) is 0.333. The molecule has 1 aromatic heterocycles. The molecule has 0 unspecified atom stereocenters. The number of aromatic nitrogens is 1. The molecule has 0 saturated carbocycles. The van der Waals surface area contributed by atoms with Crippen LogP contribution in [0.5, 0.6) is 5.75 Å². The molecule has 0 aliphatic rings. The quantitative estimate of drug-likeness (QED) is 0.340. The molecule has 0 aliphatic heterocycles. The van der Waals surface area contributed by atoms with Gasteiger partial charge in [-0.3, -0.25) is 0 Å². The standard InChI is InChI=1S/C9H5F5INO3/c1-18-8(17)3-2-4(19-9(12,13)14)5(6(10)11)16-7(3)15/h2,6H,1H3. The van der Waals surface area contributed by atoms with E-state index >= 15 is 0 Å². The van der Waals surface area contributed by atoms with E-state index in [-0.39, 0.29) is 3.70 Å². The Labute approximate surface area is 117 Å². The Morgan fingerprint density at radius 3 is 2.42 bits per heavy atom. The highest BCUT2D eigenvalue weighted by molar-refractivity contribution is 14.1. The molecule has 0 bridgehead atoms. The Bertz CT molecular complexity index is 491. The maximum atomic E-state index is 12.6. The van der Waals surface area contributed by atoms with Gasteiger partial charge >= 0.3 is 12.3 Å². The van der Waals surface area contributed by atoms with Crippen molar-refractivity contribution in [3.63, 3.8) is 0 Å². The third-order valence-electron chi connectivity index (χ3n) is 1.81. The van der Waals surface area contributed by atoms with E-state index in [1.54, 1.807) is 0 Å². The zero-order valence-corrected chi connectivity index (χ0v) is 11.3. The third kappa shape index (κ3) is 4.14. The lowest BCUT2D eigenvalue weighted by atomic mass is 10.2. The molecule has 0 aliphatic carbocycles. The number of halogens is 6. The van der Waals surface area contributed by atoms with Crippen LogP contribution in [0, 0.1) is 3.70 Å². The normalized spacial score (nSPS) is 11.6. The van der Waals surface area contributed by atoms with E-state index in [4.69, 9.17) is 0 Å². The second-order valence-electron chi connectivity index (χ2n) is 3.05. The van der Waals surface area contributed by atoms with Crippen molar-refractivity contribution >= 4 is 28.6 Å². The van der Waals surface area contributed by atoms with E-state index in [0.29, 0.717) is 6.07 Å². The van der Waals surface area contributed by atoms with Gasteiger partial charge in [-0.2, -0.15) is 0 Å². The highest BCUT2D eigenvalue weighted by Crippen LogP contribution is 2.33. The number of carbonyl (C=O) groups excluding carboxylic acids is 1. The summed E-state index contributed by atoms with van der Waals surface area (Å²) in [7, 11) is 0.990. The smallest absolute Gasteiger partial charge is 0.465 e. The van der Waals surface area contributed by atoms with Crippen LogP contribution < -0.4 is 4.74 Å². The molecule has 106 valence electrons. The van der Waals surface area contributed by atoms with E-state index in [1.807, 2.05) is 0 Å². The maximum absolute atomic E-state index is 12.6. The minimum atomic E-state index is -5.18. The van der Waals surface area contributed by atoms with Gasteiger partial charge in [0.1, 0.15) is 9.39 Å². The summed E-state index contributed by atoms with van der Waals surface area (Å²) in [5.41, 5.74) is -1.60. The zero-order chi connectivity index (χ0) is 14.8. The summed E-state index contributed by atoms with van der Waals surface area (Å²) >= 11 is 1.43. The van der Waals surface area contributed by atoms with Crippen molar-refractivity contribution < 1.29 is 36.2 Å². The zero-order valence-electron chi connectivity index (χ0n) is 9.09. The lowest BCUT2D eigenvalue weighted by molar-refractivity contribution is -0.275. The van der Waals surface area contributed by atoms with Crippen molar-refractivity contribution in [1.29, 1.82) is 0 Å². The topological polar surface area (TPSA) is 48.4 Å². The summed E-state index contributed by atoms with van der Waals surface area (Å²) in [4.78, 5) is 14.5. The molecule has 1 aromatic rings. The van der Waals surface area contributed by atoms with Crippen LogP contribution in [0.15, 0.2) is 6.07 Å². The number of alkyl halides is 5. The number of nitrogens with zero attached hydrogens (tertiary/aromatic N) is 1. The Morgan fingerprint density at radius 2 is 2.00 bits per heavy atom. The van der Waals surface area contributed by atoms with Gasteiger partial charge < -0.3 is 9.47 Å². The van der Waals surface area contributed by atoms with Gasteiger partial charge in [-0.05, 0) is 28.7 Å². The molecule has 0 radical (unpaired) electrons. The molecule has 0 amide bonds. The SMILES string of the molecule is COC(=O)c1cc(OC(F)(F)F)c(C(F)F)nc1I. The summed E-state index contributed by atoms with van der Waals surface area (Å²) in [6, 6.07) is 0.523. The van der Waals surface area contributed by atoms with Crippen LogP contribution >= 0.6 is 22.6 Å². The molecule has 19 heavy (non-hydrogen) atoms. The highest BCUT2D eigenvalue weighted by Gasteiger charge is 2.35. The summed E-state index contributed by atoms with van der Waals surface area (Å²) in [5, 5.41) is 0. The van der Waals surface area contributed by atoms with Crippen LogP contribution in [0.1, 0.15) is 22.5 Å². The first-order valence-corrected chi connectivity index (χ1v) is 5.56. The van der Waals surface area contributed by atoms with E-state index in [1.165, 1.54) is 22.6 Å². The van der Waals surface area contributed by atoms with Gasteiger partial charge in [0.05, 0.1) is 12.7 Å². The molecule has 0 saturated heterocycles. The number of methoxy groups -OCH3 is 1. The van der Waals surface area contributed by atoms with Crippen molar-refractivity contribution in [2.45, 2.75) is 12.8 Å². The Hall–Kier alpha value is -1.20. The lowest BCUT2D eigenvalue weighted by Gasteiger charge is -2.14.